The molecule has 6 nitrogen and oxygen atoms in total. The van der Waals surface area contributed by atoms with Gasteiger partial charge in [-0.25, -0.2) is 9.98 Å². The predicted octanol–water partition coefficient (Wildman–Crippen LogP) is 13.5. The lowest BCUT2D eigenvalue weighted by Crippen LogP contribution is -2.33. The maximum Gasteiger partial charge on any atom is 0.159 e. The van der Waals surface area contributed by atoms with Gasteiger partial charge in [-0.05, 0) is 71.8 Å². The molecule has 4 heterocycles. The fourth-order valence-corrected chi connectivity index (χ4v) is 10.3. The van der Waals surface area contributed by atoms with E-state index in [1.807, 2.05) is 12.1 Å². The Labute approximate surface area is 364 Å². The summed E-state index contributed by atoms with van der Waals surface area (Å²) in [5, 5.41) is 8.53. The van der Waals surface area contributed by atoms with Crippen molar-refractivity contribution in [2.24, 2.45) is 9.98 Å². The van der Waals surface area contributed by atoms with Crippen LogP contribution in [0.1, 0.15) is 40.8 Å². The highest BCUT2D eigenvalue weighted by atomic mass is 15.2. The van der Waals surface area contributed by atoms with Gasteiger partial charge < -0.3 is 19.4 Å². The highest BCUT2D eigenvalue weighted by Gasteiger charge is 2.37. The van der Waals surface area contributed by atoms with Crippen molar-refractivity contribution in [3.05, 3.63) is 240 Å². The predicted molar refractivity (Wildman–Crippen MR) is 260 cm³/mol. The zero-order chi connectivity index (χ0) is 41.4. The van der Waals surface area contributed by atoms with Crippen LogP contribution in [0.4, 0.5) is 11.4 Å². The minimum atomic E-state index is -0.282. The molecule has 0 radical (unpaired) electrons. The second kappa shape index (κ2) is 14.2. The van der Waals surface area contributed by atoms with Crippen LogP contribution in [-0.4, -0.2) is 20.8 Å². The lowest BCUT2D eigenvalue weighted by Gasteiger charge is -2.27. The molecule has 8 aromatic carbocycles. The van der Waals surface area contributed by atoms with Gasteiger partial charge in [-0.1, -0.05) is 152 Å². The first-order valence-corrected chi connectivity index (χ1v) is 21.7. The van der Waals surface area contributed by atoms with Crippen molar-refractivity contribution in [1.82, 2.24) is 14.5 Å². The number of anilines is 2. The van der Waals surface area contributed by atoms with E-state index < -0.39 is 0 Å². The number of hydrogen-bond acceptors (Lipinski definition) is 4. The Morgan fingerprint density at radius 1 is 0.508 bits per heavy atom. The van der Waals surface area contributed by atoms with Crippen LogP contribution in [0, 0.1) is 0 Å². The summed E-state index contributed by atoms with van der Waals surface area (Å²) in [6, 6.07) is 71.6. The molecule has 0 amide bonds. The fourth-order valence-electron chi connectivity index (χ4n) is 10.3. The first-order chi connectivity index (χ1) is 31.3. The molecule has 6 heteroatoms. The highest BCUT2D eigenvalue weighted by Crippen LogP contribution is 2.53. The van der Waals surface area contributed by atoms with Gasteiger partial charge in [-0.3, -0.25) is 0 Å². The number of nitrogens with zero attached hydrogens (tertiary/aromatic N) is 5. The Hall–Kier alpha value is -8.22. The van der Waals surface area contributed by atoms with E-state index in [-0.39, 0.29) is 12.1 Å². The summed E-state index contributed by atoms with van der Waals surface area (Å²) in [6.07, 6.45) is 5.32. The van der Waals surface area contributed by atoms with Crippen LogP contribution in [0.5, 0.6) is 0 Å². The molecule has 2 atom stereocenters. The Morgan fingerprint density at radius 3 is 2.00 bits per heavy atom. The molecule has 0 fully saturated rings. The first kappa shape index (κ1) is 35.5. The highest BCUT2D eigenvalue weighted by molar-refractivity contribution is 6.26. The summed E-state index contributed by atoms with van der Waals surface area (Å²) in [4.78, 5) is 12.9. The van der Waals surface area contributed by atoms with Gasteiger partial charge >= 0.3 is 0 Å². The third kappa shape index (κ3) is 5.58. The molecule has 0 spiro atoms. The third-order valence-electron chi connectivity index (χ3n) is 13.1. The average Bonchev–Trinajstić information content (AvgIpc) is 4.00. The normalized spacial score (nSPS) is 17.0. The van der Waals surface area contributed by atoms with E-state index in [1.54, 1.807) is 0 Å². The summed E-state index contributed by atoms with van der Waals surface area (Å²) >= 11 is 0. The zero-order valence-electron chi connectivity index (χ0n) is 34.3. The SMILES string of the molecule is C1=C2C(CC(n3c4ccccc4c4c3ccc3c5ccccc5n(-c5cccc(C6=NC(c7ccccc7)NC(c7ccccc7)=N6)c5)c34)=C1)c1ccccc1N2c1ccccc1. The van der Waals surface area contributed by atoms with E-state index in [0.29, 0.717) is 5.84 Å². The quantitative estimate of drug-likeness (QED) is 0.182. The van der Waals surface area contributed by atoms with E-state index >= 15 is 0 Å². The van der Waals surface area contributed by atoms with Gasteiger partial charge in [0.25, 0.3) is 0 Å². The number of aliphatic imine (C=N–C) groups is 2. The molecule has 13 rings (SSSR count). The van der Waals surface area contributed by atoms with Gasteiger partial charge in [-0.15, -0.1) is 0 Å². The largest absolute Gasteiger partial charge is 0.344 e. The Balaban J connectivity index is 1.00. The molecule has 2 unspecified atom stereocenters. The number of fused-ring (bicyclic) bond motifs is 10. The summed E-state index contributed by atoms with van der Waals surface area (Å²) in [7, 11) is 0. The van der Waals surface area contributed by atoms with E-state index in [9.17, 15) is 0 Å². The van der Waals surface area contributed by atoms with E-state index in [4.69, 9.17) is 9.98 Å². The topological polar surface area (TPSA) is 49.9 Å². The molecule has 3 aliphatic rings. The van der Waals surface area contributed by atoms with Crippen molar-refractivity contribution < 1.29 is 0 Å². The van der Waals surface area contributed by atoms with Crippen molar-refractivity contribution in [2.75, 3.05) is 4.90 Å². The molecule has 1 N–H and O–H groups in total. The van der Waals surface area contributed by atoms with Crippen LogP contribution in [-0.2, 0) is 0 Å². The van der Waals surface area contributed by atoms with Crippen LogP contribution < -0.4 is 10.2 Å². The lowest BCUT2D eigenvalue weighted by molar-refractivity contribution is 0.674. The van der Waals surface area contributed by atoms with Gasteiger partial charge in [0.1, 0.15) is 12.0 Å². The number of hydrogen-bond donors (Lipinski definition) is 1. The Morgan fingerprint density at radius 2 is 1.17 bits per heavy atom. The number of nitrogens with one attached hydrogen (secondary N) is 1. The molecule has 1 aliphatic carbocycles. The summed E-state index contributed by atoms with van der Waals surface area (Å²) in [6.45, 7) is 0. The maximum atomic E-state index is 5.24. The summed E-state index contributed by atoms with van der Waals surface area (Å²) in [5.74, 6) is 1.74. The summed E-state index contributed by atoms with van der Waals surface area (Å²) in [5.41, 5.74) is 15.3. The molecule has 298 valence electrons. The molecule has 10 aromatic rings. The second-order valence-electron chi connectivity index (χ2n) is 16.6. The maximum absolute atomic E-state index is 5.24. The molecule has 63 heavy (non-hydrogen) atoms. The van der Waals surface area contributed by atoms with Gasteiger partial charge in [-0.2, -0.15) is 0 Å². The van der Waals surface area contributed by atoms with Crippen molar-refractivity contribution in [2.45, 2.75) is 18.5 Å². The van der Waals surface area contributed by atoms with E-state index in [0.717, 1.165) is 40.2 Å². The van der Waals surface area contributed by atoms with Crippen LogP contribution >= 0.6 is 0 Å². The van der Waals surface area contributed by atoms with Crippen molar-refractivity contribution in [3.63, 3.8) is 0 Å². The van der Waals surface area contributed by atoms with Crippen LogP contribution in [0.15, 0.2) is 228 Å². The number of rotatable bonds is 6. The first-order valence-electron chi connectivity index (χ1n) is 21.7. The molecule has 0 bridgehead atoms. The van der Waals surface area contributed by atoms with Gasteiger partial charge in [0.15, 0.2) is 5.84 Å². The van der Waals surface area contributed by atoms with E-state index in [1.165, 1.54) is 66.4 Å². The number of benzene rings is 8. The average molecular weight is 809 g/mol. The van der Waals surface area contributed by atoms with Crippen LogP contribution in [0.25, 0.3) is 55.0 Å². The molecule has 0 saturated carbocycles. The van der Waals surface area contributed by atoms with Crippen LogP contribution in [0.2, 0.25) is 0 Å². The van der Waals surface area contributed by atoms with Gasteiger partial charge in [0.2, 0.25) is 0 Å². The number of allylic oxidation sites excluding steroid dienone is 4. The third-order valence-corrected chi connectivity index (χ3v) is 13.1. The number of aromatic nitrogens is 2. The lowest BCUT2D eigenvalue weighted by atomic mass is 9.90. The van der Waals surface area contributed by atoms with Crippen LogP contribution in [0.3, 0.4) is 0 Å². The number of amidine groups is 2. The Kier molecular flexibility index (Phi) is 8.00. The zero-order valence-corrected chi connectivity index (χ0v) is 34.3. The van der Waals surface area contributed by atoms with Gasteiger partial charge in [0.05, 0.1) is 22.1 Å². The number of para-hydroxylation sites is 4. The molecular weight excluding hydrogens is 769 g/mol. The van der Waals surface area contributed by atoms with E-state index in [2.05, 4.69) is 220 Å². The minimum Gasteiger partial charge on any atom is -0.344 e. The monoisotopic (exact) mass is 808 g/mol. The molecular formula is C57H40N6. The second-order valence-corrected chi connectivity index (χ2v) is 16.6. The van der Waals surface area contributed by atoms with Crippen molar-refractivity contribution in [3.8, 4) is 5.69 Å². The standard InChI is InChI=1S/C57H40N6/c1-4-17-37(18-5-1)55-58-56(38-19-6-2-7-20-38)60-57(59-55)39-21-16-24-41(35-39)63-49-29-14-10-25-43(49)45-32-34-52-53(54(45)63)46-27-12-15-30-50(46)62(52)42-31-33-51-47(36-42)44-26-11-13-28-48(44)61(51)40-22-8-3-9-23-40/h1-35,47,55H,36H2,(H,58,59,60). The summed E-state index contributed by atoms with van der Waals surface area (Å²) < 4.78 is 4.99. The fraction of sp³-hybridized carbons (Fsp3) is 0.0526. The smallest absolute Gasteiger partial charge is 0.159 e. The molecule has 0 saturated heterocycles. The Bertz CT molecular complexity index is 3570. The molecule has 2 aliphatic heterocycles. The minimum absolute atomic E-state index is 0.236. The molecule has 2 aromatic heterocycles. The van der Waals surface area contributed by atoms with Crippen molar-refractivity contribution >= 4 is 72.4 Å². The van der Waals surface area contributed by atoms with Crippen molar-refractivity contribution in [1.29, 1.82) is 0 Å². The van der Waals surface area contributed by atoms with Gasteiger partial charge in [0, 0.05) is 73.5 Å².